The lowest BCUT2D eigenvalue weighted by Crippen LogP contribution is -2.14. The molecule has 0 fully saturated rings. The van der Waals surface area contributed by atoms with Crippen LogP contribution in [0.4, 0.5) is 19.0 Å². The molecule has 20 heavy (non-hydrogen) atoms. The third-order valence-corrected chi connectivity index (χ3v) is 2.63. The average Bonchev–Trinajstić information content (AvgIpc) is 2.71. The van der Waals surface area contributed by atoms with Gasteiger partial charge in [0.1, 0.15) is 11.0 Å². The molecule has 5 nitrogen and oxygen atoms in total. The van der Waals surface area contributed by atoms with Crippen molar-refractivity contribution >= 4 is 23.3 Å². The molecule has 0 radical (unpaired) electrons. The van der Waals surface area contributed by atoms with Crippen molar-refractivity contribution in [2.75, 3.05) is 5.32 Å². The zero-order valence-electron chi connectivity index (χ0n) is 10.1. The number of alkyl halides is 3. The number of pyridine rings is 1. The number of anilines is 1. The van der Waals surface area contributed by atoms with Crippen LogP contribution in [0.2, 0.25) is 5.15 Å². The Morgan fingerprint density at radius 1 is 1.40 bits per heavy atom. The predicted molar refractivity (Wildman–Crippen MR) is 65.4 cm³/mol. The van der Waals surface area contributed by atoms with Gasteiger partial charge in [0, 0.05) is 19.3 Å². The molecule has 0 saturated heterocycles. The number of amides is 1. The van der Waals surface area contributed by atoms with Gasteiger partial charge in [0.15, 0.2) is 5.69 Å². The van der Waals surface area contributed by atoms with Gasteiger partial charge in [-0.25, -0.2) is 4.98 Å². The van der Waals surface area contributed by atoms with Crippen molar-refractivity contribution in [3.8, 4) is 0 Å². The van der Waals surface area contributed by atoms with Crippen molar-refractivity contribution in [2.24, 2.45) is 7.05 Å². The fourth-order valence-electron chi connectivity index (χ4n) is 1.42. The molecule has 0 aliphatic rings. The first-order chi connectivity index (χ1) is 9.27. The van der Waals surface area contributed by atoms with Gasteiger partial charge in [-0.15, -0.1) is 0 Å². The van der Waals surface area contributed by atoms with Crippen LogP contribution in [0.1, 0.15) is 16.1 Å². The second-order valence-electron chi connectivity index (χ2n) is 3.86. The SMILES string of the molecule is Cn1nc(C(F)(F)F)cc1NC(=O)c1ccc(Cl)nc1. The molecule has 0 aromatic carbocycles. The zero-order chi connectivity index (χ0) is 14.9. The molecular weight excluding hydrogens is 297 g/mol. The van der Waals surface area contributed by atoms with Crippen molar-refractivity contribution in [1.29, 1.82) is 0 Å². The maximum Gasteiger partial charge on any atom is 0.435 e. The number of nitrogens with zero attached hydrogens (tertiary/aromatic N) is 3. The Morgan fingerprint density at radius 3 is 2.60 bits per heavy atom. The Kier molecular flexibility index (Phi) is 3.67. The molecule has 106 valence electrons. The van der Waals surface area contributed by atoms with Gasteiger partial charge in [0.2, 0.25) is 0 Å². The van der Waals surface area contributed by atoms with Gasteiger partial charge in [-0.1, -0.05) is 11.6 Å². The van der Waals surface area contributed by atoms with E-state index in [-0.39, 0.29) is 16.5 Å². The van der Waals surface area contributed by atoms with E-state index < -0.39 is 17.8 Å². The summed E-state index contributed by atoms with van der Waals surface area (Å²) in [6, 6.07) is 3.56. The lowest BCUT2D eigenvalue weighted by atomic mass is 10.2. The fraction of sp³-hybridized carbons (Fsp3) is 0.182. The minimum absolute atomic E-state index is 0.0720. The van der Waals surface area contributed by atoms with Crippen LogP contribution in [0.3, 0.4) is 0 Å². The predicted octanol–water partition coefficient (Wildman–Crippen LogP) is 2.74. The zero-order valence-corrected chi connectivity index (χ0v) is 10.8. The van der Waals surface area contributed by atoms with Crippen LogP contribution in [0.5, 0.6) is 0 Å². The van der Waals surface area contributed by atoms with Crippen molar-refractivity contribution in [3.63, 3.8) is 0 Å². The van der Waals surface area contributed by atoms with E-state index in [0.29, 0.717) is 0 Å². The highest BCUT2D eigenvalue weighted by molar-refractivity contribution is 6.29. The van der Waals surface area contributed by atoms with Gasteiger partial charge in [0.05, 0.1) is 5.56 Å². The average molecular weight is 305 g/mol. The molecule has 0 spiro atoms. The maximum atomic E-state index is 12.5. The largest absolute Gasteiger partial charge is 0.435 e. The van der Waals surface area contributed by atoms with Crippen molar-refractivity contribution in [1.82, 2.24) is 14.8 Å². The van der Waals surface area contributed by atoms with Crippen molar-refractivity contribution < 1.29 is 18.0 Å². The summed E-state index contributed by atoms with van der Waals surface area (Å²) >= 11 is 5.57. The van der Waals surface area contributed by atoms with Crippen molar-refractivity contribution in [3.05, 3.63) is 40.8 Å². The number of aromatic nitrogens is 3. The fourth-order valence-corrected chi connectivity index (χ4v) is 1.53. The summed E-state index contributed by atoms with van der Waals surface area (Å²) in [4.78, 5) is 15.5. The number of rotatable bonds is 2. The van der Waals surface area contributed by atoms with Gasteiger partial charge >= 0.3 is 6.18 Å². The van der Waals surface area contributed by atoms with Crippen LogP contribution < -0.4 is 5.32 Å². The van der Waals surface area contributed by atoms with Gasteiger partial charge in [-0.2, -0.15) is 18.3 Å². The molecule has 0 bridgehead atoms. The second kappa shape index (κ2) is 5.12. The summed E-state index contributed by atoms with van der Waals surface area (Å²) in [6.07, 6.45) is -3.35. The maximum absolute atomic E-state index is 12.5. The highest BCUT2D eigenvalue weighted by atomic mass is 35.5. The topological polar surface area (TPSA) is 59.8 Å². The summed E-state index contributed by atoms with van der Waals surface area (Å²) in [7, 11) is 1.30. The normalized spacial score (nSPS) is 11.4. The quantitative estimate of drug-likeness (QED) is 0.868. The molecule has 2 heterocycles. The molecule has 0 aliphatic heterocycles. The van der Waals surface area contributed by atoms with Crippen LogP contribution in [0.15, 0.2) is 24.4 Å². The third kappa shape index (κ3) is 3.08. The smallest absolute Gasteiger partial charge is 0.307 e. The van der Waals surface area contributed by atoms with E-state index in [0.717, 1.165) is 10.7 Å². The molecular formula is C11H8ClF3N4O. The van der Waals surface area contributed by atoms with E-state index in [1.165, 1.54) is 25.4 Å². The molecule has 0 atom stereocenters. The Hall–Kier alpha value is -2.09. The number of halogens is 4. The molecule has 2 aromatic rings. The number of hydrogen-bond donors (Lipinski definition) is 1. The van der Waals surface area contributed by atoms with Crippen LogP contribution in [0, 0.1) is 0 Å². The number of nitrogens with one attached hydrogen (secondary N) is 1. The minimum Gasteiger partial charge on any atom is -0.307 e. The lowest BCUT2D eigenvalue weighted by Gasteiger charge is -2.04. The number of carbonyl (C=O) groups excluding carboxylic acids is 1. The molecule has 2 aromatic heterocycles. The third-order valence-electron chi connectivity index (χ3n) is 2.40. The van der Waals surface area contributed by atoms with Crippen molar-refractivity contribution in [2.45, 2.75) is 6.18 Å². The summed E-state index contributed by atoms with van der Waals surface area (Å²) in [5, 5.41) is 5.81. The highest BCUT2D eigenvalue weighted by Gasteiger charge is 2.34. The van der Waals surface area contributed by atoms with Crippen LogP contribution in [-0.4, -0.2) is 20.7 Å². The highest BCUT2D eigenvalue weighted by Crippen LogP contribution is 2.29. The van der Waals surface area contributed by atoms with E-state index >= 15 is 0 Å². The monoisotopic (exact) mass is 304 g/mol. The van der Waals surface area contributed by atoms with Gasteiger partial charge < -0.3 is 5.32 Å². The molecule has 2 rings (SSSR count). The molecule has 0 saturated carbocycles. The summed E-state index contributed by atoms with van der Waals surface area (Å²) < 4.78 is 38.4. The summed E-state index contributed by atoms with van der Waals surface area (Å²) in [5.74, 6) is -0.678. The number of hydrogen-bond acceptors (Lipinski definition) is 3. The Morgan fingerprint density at radius 2 is 2.10 bits per heavy atom. The Labute approximate surface area is 116 Å². The summed E-state index contributed by atoms with van der Waals surface area (Å²) in [6.45, 7) is 0. The molecule has 1 amide bonds. The Bertz CT molecular complexity index is 636. The lowest BCUT2D eigenvalue weighted by molar-refractivity contribution is -0.141. The van der Waals surface area contributed by atoms with Gasteiger partial charge in [0.25, 0.3) is 5.91 Å². The first-order valence-electron chi connectivity index (χ1n) is 5.31. The van der Waals surface area contributed by atoms with E-state index in [9.17, 15) is 18.0 Å². The summed E-state index contributed by atoms with van der Waals surface area (Å²) in [5.41, 5.74) is -0.909. The molecule has 1 N–H and O–H groups in total. The number of aryl methyl sites for hydroxylation is 1. The second-order valence-corrected chi connectivity index (χ2v) is 4.25. The molecule has 0 aliphatic carbocycles. The minimum atomic E-state index is -4.57. The van der Waals surface area contributed by atoms with Crippen LogP contribution in [0.25, 0.3) is 0 Å². The first kappa shape index (κ1) is 14.3. The van der Waals surface area contributed by atoms with Crippen LogP contribution >= 0.6 is 11.6 Å². The van der Waals surface area contributed by atoms with E-state index in [1.54, 1.807) is 0 Å². The van der Waals surface area contributed by atoms with Crippen LogP contribution in [-0.2, 0) is 13.2 Å². The van der Waals surface area contributed by atoms with Gasteiger partial charge in [-0.3, -0.25) is 9.48 Å². The first-order valence-corrected chi connectivity index (χ1v) is 5.69. The standard InChI is InChI=1S/C11H8ClF3N4O/c1-19-9(4-7(18-19)11(13,14)15)17-10(20)6-2-3-8(12)16-5-6/h2-5H,1H3,(H,17,20). The number of carbonyl (C=O) groups is 1. The van der Waals surface area contributed by atoms with Gasteiger partial charge in [-0.05, 0) is 12.1 Å². The Balaban J connectivity index is 2.20. The van der Waals surface area contributed by atoms with E-state index in [2.05, 4.69) is 15.4 Å². The van der Waals surface area contributed by atoms with E-state index in [1.807, 2.05) is 0 Å². The molecule has 9 heteroatoms. The molecule has 0 unspecified atom stereocenters. The van der Waals surface area contributed by atoms with E-state index in [4.69, 9.17) is 11.6 Å².